The van der Waals surface area contributed by atoms with Crippen LogP contribution >= 0.6 is 0 Å². The summed E-state index contributed by atoms with van der Waals surface area (Å²) in [5.74, 6) is -3.14. The van der Waals surface area contributed by atoms with E-state index in [1.165, 1.54) is 24.7 Å². The number of hydrogen-bond donors (Lipinski definition) is 2. The average Bonchev–Trinajstić information content (AvgIpc) is 3.04. The van der Waals surface area contributed by atoms with Crippen LogP contribution in [0.1, 0.15) is 24.3 Å². The fourth-order valence-electron chi connectivity index (χ4n) is 1.54. The van der Waals surface area contributed by atoms with Gasteiger partial charge < -0.3 is 10.4 Å². The molecule has 0 saturated carbocycles. The molecule has 0 aliphatic rings. The van der Waals surface area contributed by atoms with E-state index in [2.05, 4.69) is 10.3 Å². The molecule has 0 unspecified atom stereocenters. The molecule has 0 saturated heterocycles. The first-order valence-corrected chi connectivity index (χ1v) is 8.81. The first-order chi connectivity index (χ1) is 12.4. The molecule has 0 spiro atoms. The zero-order chi connectivity index (χ0) is 20.8. The molecular formula is C15H16F3N3O5S. The SMILES string of the molecule is CC(C)S(=O)(=O)n1ccc(NC(=O)c2ccccn2)c1.O=C(O)C(F)(F)F. The summed E-state index contributed by atoms with van der Waals surface area (Å²) in [6, 6.07) is 6.52. The molecule has 2 N–H and O–H groups in total. The lowest BCUT2D eigenvalue weighted by molar-refractivity contribution is -0.192. The van der Waals surface area contributed by atoms with Gasteiger partial charge in [-0.05, 0) is 32.0 Å². The minimum atomic E-state index is -5.08. The van der Waals surface area contributed by atoms with Crippen molar-refractivity contribution in [2.75, 3.05) is 5.32 Å². The van der Waals surface area contributed by atoms with Gasteiger partial charge in [-0.1, -0.05) is 6.07 Å². The number of anilines is 1. The number of aliphatic carboxylic acids is 1. The van der Waals surface area contributed by atoms with Crippen molar-refractivity contribution < 1.29 is 36.3 Å². The van der Waals surface area contributed by atoms with E-state index in [0.717, 1.165) is 3.97 Å². The Labute approximate surface area is 152 Å². The van der Waals surface area contributed by atoms with Crippen molar-refractivity contribution in [3.8, 4) is 0 Å². The number of carbonyl (C=O) groups excluding carboxylic acids is 1. The second kappa shape index (κ2) is 8.66. The van der Waals surface area contributed by atoms with Crippen LogP contribution in [0.5, 0.6) is 0 Å². The lowest BCUT2D eigenvalue weighted by Crippen LogP contribution is -2.21. The first kappa shape index (κ1) is 22.2. The van der Waals surface area contributed by atoms with E-state index < -0.39 is 27.4 Å². The molecule has 27 heavy (non-hydrogen) atoms. The molecule has 0 aliphatic heterocycles. The van der Waals surface area contributed by atoms with Gasteiger partial charge in [-0.3, -0.25) is 13.8 Å². The van der Waals surface area contributed by atoms with Crippen LogP contribution in [0, 0.1) is 0 Å². The third-order valence-electron chi connectivity index (χ3n) is 2.95. The summed E-state index contributed by atoms with van der Waals surface area (Å²) < 4.78 is 56.7. The number of nitrogens with zero attached hydrogens (tertiary/aromatic N) is 2. The van der Waals surface area contributed by atoms with Crippen LogP contribution in [-0.2, 0) is 14.8 Å². The van der Waals surface area contributed by atoms with Crippen molar-refractivity contribution in [2.45, 2.75) is 25.3 Å². The standard InChI is InChI=1S/C13H15N3O3S.C2HF3O2/c1-10(2)20(18,19)16-8-6-11(9-16)15-13(17)12-5-3-4-7-14-12;3-2(4,5)1(6)7/h3-10H,1-2H3,(H,15,17);(H,6,7). The molecule has 0 atom stereocenters. The van der Waals surface area contributed by atoms with Crippen LogP contribution in [0.3, 0.4) is 0 Å². The molecule has 1 amide bonds. The smallest absolute Gasteiger partial charge is 0.475 e. The molecule has 8 nitrogen and oxygen atoms in total. The van der Waals surface area contributed by atoms with Crippen LogP contribution in [0.15, 0.2) is 42.9 Å². The Morgan fingerprint density at radius 1 is 1.22 bits per heavy atom. The highest BCUT2D eigenvalue weighted by Crippen LogP contribution is 2.14. The summed E-state index contributed by atoms with van der Waals surface area (Å²) >= 11 is 0. The number of halogens is 3. The Hall–Kier alpha value is -2.89. The number of aromatic nitrogens is 2. The van der Waals surface area contributed by atoms with Gasteiger partial charge >= 0.3 is 12.1 Å². The van der Waals surface area contributed by atoms with E-state index in [9.17, 15) is 26.4 Å². The lowest BCUT2D eigenvalue weighted by Gasteiger charge is -2.08. The van der Waals surface area contributed by atoms with Gasteiger partial charge in [0.25, 0.3) is 5.91 Å². The fourth-order valence-corrected chi connectivity index (χ4v) is 2.52. The molecular weight excluding hydrogens is 391 g/mol. The maximum Gasteiger partial charge on any atom is 0.490 e. The normalized spacial score (nSPS) is 11.5. The number of hydrogen-bond acceptors (Lipinski definition) is 5. The van der Waals surface area contributed by atoms with Crippen molar-refractivity contribution in [2.24, 2.45) is 0 Å². The third-order valence-corrected chi connectivity index (χ3v) is 4.96. The molecule has 0 aromatic carbocycles. The maximum atomic E-state index is 11.9. The molecule has 0 bridgehead atoms. The number of amides is 1. The van der Waals surface area contributed by atoms with Gasteiger partial charge in [0.1, 0.15) is 5.69 Å². The number of alkyl halides is 3. The second-order valence-electron chi connectivity index (χ2n) is 5.30. The lowest BCUT2D eigenvalue weighted by atomic mass is 10.3. The zero-order valence-electron chi connectivity index (χ0n) is 14.1. The second-order valence-corrected chi connectivity index (χ2v) is 7.69. The molecule has 0 radical (unpaired) electrons. The Balaban J connectivity index is 0.000000445. The number of nitrogens with one attached hydrogen (secondary N) is 1. The molecule has 148 valence electrons. The van der Waals surface area contributed by atoms with E-state index in [1.54, 1.807) is 32.0 Å². The van der Waals surface area contributed by atoms with E-state index in [4.69, 9.17) is 9.90 Å². The summed E-state index contributed by atoms with van der Waals surface area (Å²) in [6.45, 7) is 3.20. The van der Waals surface area contributed by atoms with Crippen molar-refractivity contribution in [3.05, 3.63) is 48.5 Å². The Kier molecular flexibility index (Phi) is 7.11. The van der Waals surface area contributed by atoms with Crippen LogP contribution < -0.4 is 5.32 Å². The van der Waals surface area contributed by atoms with Crippen LogP contribution in [-0.4, -0.2) is 45.8 Å². The number of pyridine rings is 1. The van der Waals surface area contributed by atoms with Gasteiger partial charge in [0.05, 0.1) is 10.9 Å². The highest BCUT2D eigenvalue weighted by atomic mass is 32.2. The fraction of sp³-hybridized carbons (Fsp3) is 0.267. The highest BCUT2D eigenvalue weighted by molar-refractivity contribution is 7.90. The highest BCUT2D eigenvalue weighted by Gasteiger charge is 2.38. The monoisotopic (exact) mass is 407 g/mol. The molecule has 2 heterocycles. The molecule has 0 aliphatic carbocycles. The largest absolute Gasteiger partial charge is 0.490 e. The summed E-state index contributed by atoms with van der Waals surface area (Å²) in [6.07, 6.45) is -0.789. The Morgan fingerprint density at radius 2 is 1.81 bits per heavy atom. The molecule has 2 aromatic heterocycles. The minimum absolute atomic E-state index is 0.270. The number of carboxylic acid groups (broad SMARTS) is 1. The quantitative estimate of drug-likeness (QED) is 0.803. The van der Waals surface area contributed by atoms with Gasteiger partial charge in [-0.25, -0.2) is 13.2 Å². The molecule has 12 heteroatoms. The van der Waals surface area contributed by atoms with Gasteiger partial charge in [-0.2, -0.15) is 13.2 Å². The zero-order valence-corrected chi connectivity index (χ0v) is 15.0. The van der Waals surface area contributed by atoms with Crippen molar-refractivity contribution >= 4 is 27.6 Å². The van der Waals surface area contributed by atoms with Gasteiger partial charge in [0, 0.05) is 18.6 Å². The van der Waals surface area contributed by atoms with E-state index in [1.807, 2.05) is 0 Å². The van der Waals surface area contributed by atoms with E-state index in [0.29, 0.717) is 5.69 Å². The number of rotatable bonds is 4. The maximum absolute atomic E-state index is 11.9. The molecule has 2 rings (SSSR count). The van der Waals surface area contributed by atoms with Gasteiger partial charge in [0.15, 0.2) is 0 Å². The van der Waals surface area contributed by atoms with Crippen LogP contribution in [0.25, 0.3) is 0 Å². The summed E-state index contributed by atoms with van der Waals surface area (Å²) in [7, 11) is -3.41. The van der Waals surface area contributed by atoms with Crippen molar-refractivity contribution in [3.63, 3.8) is 0 Å². The molecule has 0 fully saturated rings. The third kappa shape index (κ3) is 6.40. The van der Waals surface area contributed by atoms with Crippen LogP contribution in [0.4, 0.5) is 18.9 Å². The van der Waals surface area contributed by atoms with Gasteiger partial charge in [0.2, 0.25) is 10.0 Å². The number of carboxylic acids is 1. The van der Waals surface area contributed by atoms with Crippen molar-refractivity contribution in [1.82, 2.24) is 8.96 Å². The first-order valence-electron chi connectivity index (χ1n) is 7.30. The Morgan fingerprint density at radius 3 is 2.26 bits per heavy atom. The average molecular weight is 407 g/mol. The summed E-state index contributed by atoms with van der Waals surface area (Å²) in [5, 5.41) is 9.19. The van der Waals surface area contributed by atoms with Crippen molar-refractivity contribution in [1.29, 1.82) is 0 Å². The van der Waals surface area contributed by atoms with Crippen LogP contribution in [0.2, 0.25) is 0 Å². The number of carbonyl (C=O) groups is 2. The predicted molar refractivity (Wildman–Crippen MR) is 89.8 cm³/mol. The minimum Gasteiger partial charge on any atom is -0.475 e. The van der Waals surface area contributed by atoms with Gasteiger partial charge in [-0.15, -0.1) is 0 Å². The van der Waals surface area contributed by atoms with E-state index in [-0.39, 0.29) is 11.6 Å². The summed E-state index contributed by atoms with van der Waals surface area (Å²) in [5.41, 5.74) is 0.678. The molecule has 2 aromatic rings. The Bertz CT molecular complexity index is 893. The van der Waals surface area contributed by atoms with E-state index >= 15 is 0 Å². The topological polar surface area (TPSA) is 118 Å². The summed E-state index contributed by atoms with van der Waals surface area (Å²) in [4.78, 5) is 24.7. The predicted octanol–water partition coefficient (Wildman–Crippen LogP) is 2.35.